The van der Waals surface area contributed by atoms with E-state index in [1.54, 1.807) is 29.2 Å². The van der Waals surface area contributed by atoms with Crippen LogP contribution in [0.2, 0.25) is 0 Å². The quantitative estimate of drug-likeness (QED) is 0.705. The van der Waals surface area contributed by atoms with Crippen LogP contribution in [0.25, 0.3) is 0 Å². The zero-order valence-corrected chi connectivity index (χ0v) is 16.9. The fraction of sp³-hybridized carbons (Fsp3) is 0.348. The van der Waals surface area contributed by atoms with E-state index in [-0.39, 0.29) is 18.4 Å². The van der Waals surface area contributed by atoms with Gasteiger partial charge in [-0.3, -0.25) is 14.4 Å². The molecule has 1 aliphatic rings. The first-order chi connectivity index (χ1) is 14.0. The SMILES string of the molecule is COC(=O)CN(Cc1ccccc1C)C(=O)c1ccc(N2CCCCC2=O)cc1. The van der Waals surface area contributed by atoms with Crippen molar-refractivity contribution in [3.8, 4) is 0 Å². The summed E-state index contributed by atoms with van der Waals surface area (Å²) >= 11 is 0. The van der Waals surface area contributed by atoms with Crippen molar-refractivity contribution in [2.45, 2.75) is 32.7 Å². The smallest absolute Gasteiger partial charge is 0.325 e. The number of rotatable bonds is 6. The number of aryl methyl sites for hydroxylation is 1. The Kier molecular flexibility index (Phi) is 6.65. The number of hydrogen-bond acceptors (Lipinski definition) is 4. The Labute approximate surface area is 171 Å². The molecule has 29 heavy (non-hydrogen) atoms. The van der Waals surface area contributed by atoms with Gasteiger partial charge in [-0.2, -0.15) is 0 Å². The molecule has 0 aliphatic carbocycles. The first-order valence-electron chi connectivity index (χ1n) is 9.80. The normalized spacial score (nSPS) is 13.9. The molecule has 0 radical (unpaired) electrons. The minimum Gasteiger partial charge on any atom is -0.468 e. The number of methoxy groups -OCH3 is 1. The summed E-state index contributed by atoms with van der Waals surface area (Å²) in [4.78, 5) is 40.3. The maximum absolute atomic E-state index is 13.1. The summed E-state index contributed by atoms with van der Waals surface area (Å²) in [6.45, 7) is 2.86. The third-order valence-corrected chi connectivity index (χ3v) is 5.21. The predicted molar refractivity (Wildman–Crippen MR) is 111 cm³/mol. The maximum Gasteiger partial charge on any atom is 0.325 e. The van der Waals surface area contributed by atoms with Crippen molar-refractivity contribution in [2.24, 2.45) is 0 Å². The number of carbonyl (C=O) groups excluding carboxylic acids is 3. The molecule has 2 amide bonds. The Morgan fingerprint density at radius 1 is 1.07 bits per heavy atom. The number of carbonyl (C=O) groups is 3. The van der Waals surface area contributed by atoms with Gasteiger partial charge in [0.15, 0.2) is 0 Å². The van der Waals surface area contributed by atoms with Crippen LogP contribution in [-0.2, 0) is 20.9 Å². The third kappa shape index (κ3) is 5.02. The molecule has 1 saturated heterocycles. The molecule has 0 atom stereocenters. The van der Waals surface area contributed by atoms with Crippen LogP contribution in [-0.4, -0.2) is 42.9 Å². The van der Waals surface area contributed by atoms with Crippen molar-refractivity contribution >= 4 is 23.5 Å². The summed E-state index contributed by atoms with van der Waals surface area (Å²) in [5, 5.41) is 0. The van der Waals surface area contributed by atoms with E-state index in [0.29, 0.717) is 25.1 Å². The number of piperidine rings is 1. The molecule has 6 nitrogen and oxygen atoms in total. The Bertz CT molecular complexity index is 892. The van der Waals surface area contributed by atoms with Crippen LogP contribution in [0.15, 0.2) is 48.5 Å². The van der Waals surface area contributed by atoms with Crippen molar-refractivity contribution in [3.63, 3.8) is 0 Å². The van der Waals surface area contributed by atoms with Crippen LogP contribution in [0.3, 0.4) is 0 Å². The van der Waals surface area contributed by atoms with E-state index in [9.17, 15) is 14.4 Å². The summed E-state index contributed by atoms with van der Waals surface area (Å²) in [6.07, 6.45) is 2.47. The van der Waals surface area contributed by atoms with E-state index in [2.05, 4.69) is 0 Å². The molecule has 6 heteroatoms. The van der Waals surface area contributed by atoms with Gasteiger partial charge in [-0.1, -0.05) is 24.3 Å². The third-order valence-electron chi connectivity index (χ3n) is 5.21. The Morgan fingerprint density at radius 3 is 2.45 bits per heavy atom. The van der Waals surface area contributed by atoms with Crippen LogP contribution < -0.4 is 4.90 Å². The summed E-state index contributed by atoms with van der Waals surface area (Å²) < 4.78 is 4.77. The highest BCUT2D eigenvalue weighted by molar-refractivity contribution is 5.98. The lowest BCUT2D eigenvalue weighted by Crippen LogP contribution is -2.36. The summed E-state index contributed by atoms with van der Waals surface area (Å²) in [7, 11) is 1.31. The van der Waals surface area contributed by atoms with E-state index in [0.717, 1.165) is 29.7 Å². The lowest BCUT2D eigenvalue weighted by atomic mass is 10.1. The Hall–Kier alpha value is -3.15. The van der Waals surface area contributed by atoms with Crippen molar-refractivity contribution in [1.29, 1.82) is 0 Å². The first-order valence-corrected chi connectivity index (χ1v) is 9.80. The molecule has 2 aromatic rings. The molecule has 0 aromatic heterocycles. The molecule has 152 valence electrons. The minimum atomic E-state index is -0.470. The monoisotopic (exact) mass is 394 g/mol. The molecule has 0 spiro atoms. The molecule has 3 rings (SSSR count). The molecule has 1 heterocycles. The van der Waals surface area contributed by atoms with Crippen LogP contribution in [0.5, 0.6) is 0 Å². The fourth-order valence-electron chi connectivity index (χ4n) is 3.46. The molecule has 1 aliphatic heterocycles. The Balaban J connectivity index is 1.80. The highest BCUT2D eigenvalue weighted by Gasteiger charge is 2.22. The van der Waals surface area contributed by atoms with Crippen LogP contribution in [0.4, 0.5) is 5.69 Å². The molecular weight excluding hydrogens is 368 g/mol. The van der Waals surface area contributed by atoms with Crippen LogP contribution in [0.1, 0.15) is 40.7 Å². The van der Waals surface area contributed by atoms with Gasteiger partial charge in [0.05, 0.1) is 7.11 Å². The average molecular weight is 394 g/mol. The largest absolute Gasteiger partial charge is 0.468 e. The predicted octanol–water partition coefficient (Wildman–Crippen LogP) is 3.33. The number of amides is 2. The standard InChI is InChI=1S/C23H26N2O4/c1-17-7-3-4-8-19(17)15-24(16-22(27)29-2)23(28)18-10-12-20(13-11-18)25-14-6-5-9-21(25)26/h3-4,7-8,10-13H,5-6,9,14-16H2,1-2H3. The molecule has 1 fully saturated rings. The van der Waals surface area contributed by atoms with E-state index in [4.69, 9.17) is 4.74 Å². The number of nitrogens with zero attached hydrogens (tertiary/aromatic N) is 2. The summed E-state index contributed by atoms with van der Waals surface area (Å²) in [6, 6.07) is 14.8. The molecule has 0 unspecified atom stereocenters. The van der Waals surface area contributed by atoms with Gasteiger partial charge < -0.3 is 14.5 Å². The molecule has 0 saturated carbocycles. The lowest BCUT2D eigenvalue weighted by Gasteiger charge is -2.27. The second-order valence-electron chi connectivity index (χ2n) is 7.21. The molecule has 2 aromatic carbocycles. The number of anilines is 1. The van der Waals surface area contributed by atoms with Gasteiger partial charge in [-0.05, 0) is 55.2 Å². The van der Waals surface area contributed by atoms with E-state index in [1.807, 2.05) is 31.2 Å². The molecular formula is C23H26N2O4. The maximum atomic E-state index is 13.1. The highest BCUT2D eigenvalue weighted by Crippen LogP contribution is 2.22. The summed E-state index contributed by atoms with van der Waals surface area (Å²) in [5.41, 5.74) is 3.29. The minimum absolute atomic E-state index is 0.113. The summed E-state index contributed by atoms with van der Waals surface area (Å²) in [5.74, 6) is -0.611. The first kappa shape index (κ1) is 20.6. The topological polar surface area (TPSA) is 66.9 Å². The van der Waals surface area contributed by atoms with E-state index in [1.165, 1.54) is 12.0 Å². The highest BCUT2D eigenvalue weighted by atomic mass is 16.5. The van der Waals surface area contributed by atoms with Gasteiger partial charge in [0.1, 0.15) is 6.54 Å². The van der Waals surface area contributed by atoms with Gasteiger partial charge in [-0.25, -0.2) is 0 Å². The zero-order chi connectivity index (χ0) is 20.8. The van der Waals surface area contributed by atoms with Gasteiger partial charge >= 0.3 is 5.97 Å². The van der Waals surface area contributed by atoms with Crippen LogP contribution in [0, 0.1) is 6.92 Å². The van der Waals surface area contributed by atoms with Gasteiger partial charge in [0, 0.05) is 30.8 Å². The second kappa shape index (κ2) is 9.37. The number of ether oxygens (including phenoxy) is 1. The molecule has 0 N–H and O–H groups in total. The zero-order valence-electron chi connectivity index (χ0n) is 16.9. The Morgan fingerprint density at radius 2 is 1.79 bits per heavy atom. The van der Waals surface area contributed by atoms with Crippen LogP contribution >= 0.6 is 0 Å². The molecule has 0 bridgehead atoms. The average Bonchev–Trinajstić information content (AvgIpc) is 2.74. The second-order valence-corrected chi connectivity index (χ2v) is 7.21. The van der Waals surface area contributed by atoms with E-state index >= 15 is 0 Å². The van der Waals surface area contributed by atoms with Crippen molar-refractivity contribution in [1.82, 2.24) is 4.90 Å². The van der Waals surface area contributed by atoms with Gasteiger partial charge in [0.2, 0.25) is 5.91 Å². The van der Waals surface area contributed by atoms with Crippen molar-refractivity contribution in [3.05, 3.63) is 65.2 Å². The van der Waals surface area contributed by atoms with E-state index < -0.39 is 5.97 Å². The fourth-order valence-corrected chi connectivity index (χ4v) is 3.46. The van der Waals surface area contributed by atoms with Gasteiger partial charge in [-0.15, -0.1) is 0 Å². The number of esters is 1. The number of benzene rings is 2. The van der Waals surface area contributed by atoms with Gasteiger partial charge in [0.25, 0.3) is 5.91 Å². The van der Waals surface area contributed by atoms with Crippen molar-refractivity contribution < 1.29 is 19.1 Å². The number of hydrogen-bond donors (Lipinski definition) is 0. The van der Waals surface area contributed by atoms with Crippen molar-refractivity contribution in [2.75, 3.05) is 25.1 Å². The lowest BCUT2D eigenvalue weighted by molar-refractivity contribution is -0.141.